The summed E-state index contributed by atoms with van der Waals surface area (Å²) in [5, 5.41) is 3.15. The minimum atomic E-state index is 0.0736. The van der Waals surface area contributed by atoms with E-state index >= 15 is 0 Å². The van der Waals surface area contributed by atoms with Crippen molar-refractivity contribution in [2.45, 2.75) is 13.0 Å². The highest BCUT2D eigenvalue weighted by molar-refractivity contribution is 5.47. The predicted molar refractivity (Wildman–Crippen MR) is 65.1 cm³/mol. The maximum atomic E-state index is 5.71. The minimum Gasteiger partial charge on any atom is -0.496 e. The Morgan fingerprint density at radius 2 is 1.88 bits per heavy atom. The molecule has 16 heavy (non-hydrogen) atoms. The van der Waals surface area contributed by atoms with Crippen LogP contribution in [0.15, 0.2) is 12.1 Å². The van der Waals surface area contributed by atoms with Crippen LogP contribution < -0.4 is 20.5 Å². The van der Waals surface area contributed by atoms with E-state index in [0.29, 0.717) is 6.54 Å². The summed E-state index contributed by atoms with van der Waals surface area (Å²) in [4.78, 5) is 0. The molecule has 3 N–H and O–H groups in total. The first-order valence-electron chi connectivity index (χ1n) is 5.27. The zero-order chi connectivity index (χ0) is 12.1. The second kappa shape index (κ2) is 5.72. The number of nitrogens with one attached hydrogen (secondary N) is 1. The van der Waals surface area contributed by atoms with Crippen molar-refractivity contribution in [1.29, 1.82) is 0 Å². The topological polar surface area (TPSA) is 56.5 Å². The molecule has 0 radical (unpaired) electrons. The van der Waals surface area contributed by atoms with Gasteiger partial charge in [-0.15, -0.1) is 0 Å². The second-order valence-corrected chi connectivity index (χ2v) is 3.64. The van der Waals surface area contributed by atoms with E-state index in [0.717, 1.165) is 22.6 Å². The van der Waals surface area contributed by atoms with E-state index < -0.39 is 0 Å². The van der Waals surface area contributed by atoms with Crippen LogP contribution in [0.3, 0.4) is 0 Å². The van der Waals surface area contributed by atoms with Crippen LogP contribution in [0.5, 0.6) is 11.5 Å². The molecule has 90 valence electrons. The molecule has 0 aliphatic rings. The summed E-state index contributed by atoms with van der Waals surface area (Å²) >= 11 is 0. The molecule has 0 aromatic heterocycles. The number of nitrogens with two attached hydrogens (primary N) is 1. The minimum absolute atomic E-state index is 0.0736. The molecule has 0 amide bonds. The van der Waals surface area contributed by atoms with Crippen molar-refractivity contribution in [2.75, 3.05) is 27.8 Å². The van der Waals surface area contributed by atoms with Crippen LogP contribution in [0.1, 0.15) is 17.2 Å². The fraction of sp³-hybridized carbons (Fsp3) is 0.500. The zero-order valence-corrected chi connectivity index (χ0v) is 10.3. The molecule has 1 aromatic rings. The smallest absolute Gasteiger partial charge is 0.124 e. The van der Waals surface area contributed by atoms with Crippen LogP contribution in [-0.4, -0.2) is 27.8 Å². The van der Waals surface area contributed by atoms with Crippen LogP contribution in [0, 0.1) is 6.92 Å². The van der Waals surface area contributed by atoms with Gasteiger partial charge in [0.05, 0.1) is 14.2 Å². The third-order valence-corrected chi connectivity index (χ3v) is 2.71. The van der Waals surface area contributed by atoms with E-state index in [4.69, 9.17) is 15.2 Å². The van der Waals surface area contributed by atoms with Crippen molar-refractivity contribution in [3.05, 3.63) is 23.3 Å². The lowest BCUT2D eigenvalue weighted by atomic mass is 10.0. The van der Waals surface area contributed by atoms with Crippen molar-refractivity contribution in [1.82, 2.24) is 5.32 Å². The number of hydrogen-bond donors (Lipinski definition) is 2. The molecule has 0 saturated carbocycles. The molecule has 1 atom stereocenters. The Balaban J connectivity index is 3.23. The molecule has 4 nitrogen and oxygen atoms in total. The monoisotopic (exact) mass is 224 g/mol. The van der Waals surface area contributed by atoms with Crippen LogP contribution in [0.25, 0.3) is 0 Å². The molecule has 0 spiro atoms. The van der Waals surface area contributed by atoms with Crippen molar-refractivity contribution in [3.8, 4) is 11.5 Å². The largest absolute Gasteiger partial charge is 0.496 e. The first-order chi connectivity index (χ1) is 7.67. The van der Waals surface area contributed by atoms with E-state index in [1.165, 1.54) is 0 Å². The van der Waals surface area contributed by atoms with Crippen molar-refractivity contribution >= 4 is 0 Å². The van der Waals surface area contributed by atoms with Gasteiger partial charge in [-0.05, 0) is 31.7 Å². The predicted octanol–water partition coefficient (Wildman–Crippen LogP) is 1.23. The fourth-order valence-electron chi connectivity index (χ4n) is 1.75. The van der Waals surface area contributed by atoms with Gasteiger partial charge in [-0.3, -0.25) is 0 Å². The van der Waals surface area contributed by atoms with E-state index in [2.05, 4.69) is 5.32 Å². The Hall–Kier alpha value is -1.26. The maximum Gasteiger partial charge on any atom is 0.124 e. The van der Waals surface area contributed by atoms with Gasteiger partial charge < -0.3 is 20.5 Å². The molecule has 1 aromatic carbocycles. The number of ether oxygens (including phenoxy) is 2. The average molecular weight is 224 g/mol. The SMILES string of the molecule is CNC(CN)c1cc(OC)c(C)cc1OC. The molecule has 1 unspecified atom stereocenters. The van der Waals surface area contributed by atoms with Crippen LogP contribution >= 0.6 is 0 Å². The Labute approximate surface area is 96.7 Å². The summed E-state index contributed by atoms with van der Waals surface area (Å²) in [6, 6.07) is 4.01. The van der Waals surface area contributed by atoms with Gasteiger partial charge in [0, 0.05) is 18.2 Å². The molecule has 4 heteroatoms. The standard InChI is InChI=1S/C12H20N2O2/c1-8-5-12(16-4)9(6-11(8)15-3)10(7-13)14-2/h5-6,10,14H,7,13H2,1-4H3. The molecular weight excluding hydrogens is 204 g/mol. The number of methoxy groups -OCH3 is 2. The van der Waals surface area contributed by atoms with E-state index in [9.17, 15) is 0 Å². The van der Waals surface area contributed by atoms with Crippen molar-refractivity contribution in [3.63, 3.8) is 0 Å². The zero-order valence-electron chi connectivity index (χ0n) is 10.3. The van der Waals surface area contributed by atoms with Crippen LogP contribution in [-0.2, 0) is 0 Å². The second-order valence-electron chi connectivity index (χ2n) is 3.64. The van der Waals surface area contributed by atoms with E-state index in [1.807, 2.05) is 26.1 Å². The van der Waals surface area contributed by atoms with E-state index in [1.54, 1.807) is 14.2 Å². The van der Waals surface area contributed by atoms with Crippen LogP contribution in [0.2, 0.25) is 0 Å². The van der Waals surface area contributed by atoms with Gasteiger partial charge in [-0.2, -0.15) is 0 Å². The first kappa shape index (κ1) is 12.8. The van der Waals surface area contributed by atoms with Crippen molar-refractivity contribution < 1.29 is 9.47 Å². The first-order valence-corrected chi connectivity index (χ1v) is 5.27. The van der Waals surface area contributed by atoms with Crippen molar-refractivity contribution in [2.24, 2.45) is 5.73 Å². The molecule has 0 bridgehead atoms. The molecule has 0 aliphatic heterocycles. The van der Waals surface area contributed by atoms with Gasteiger partial charge in [0.25, 0.3) is 0 Å². The molecule has 0 heterocycles. The number of benzene rings is 1. The Morgan fingerprint density at radius 3 is 2.31 bits per heavy atom. The molecular formula is C12H20N2O2. The highest BCUT2D eigenvalue weighted by Crippen LogP contribution is 2.31. The molecule has 0 fully saturated rings. The van der Waals surface area contributed by atoms with E-state index in [-0.39, 0.29) is 6.04 Å². The summed E-state index contributed by atoms with van der Waals surface area (Å²) in [6.07, 6.45) is 0. The third-order valence-electron chi connectivity index (χ3n) is 2.71. The van der Waals surface area contributed by atoms with Gasteiger partial charge in [0.15, 0.2) is 0 Å². The summed E-state index contributed by atoms with van der Waals surface area (Å²) in [5.74, 6) is 1.69. The summed E-state index contributed by atoms with van der Waals surface area (Å²) < 4.78 is 10.7. The number of likely N-dealkylation sites (N-methyl/N-ethyl adjacent to an activating group) is 1. The Morgan fingerprint density at radius 1 is 1.25 bits per heavy atom. The number of rotatable bonds is 5. The van der Waals surface area contributed by atoms with Gasteiger partial charge in [-0.25, -0.2) is 0 Å². The highest BCUT2D eigenvalue weighted by Gasteiger charge is 2.15. The van der Waals surface area contributed by atoms with Gasteiger partial charge >= 0.3 is 0 Å². The Kier molecular flexibility index (Phi) is 4.58. The average Bonchev–Trinajstić information content (AvgIpc) is 2.31. The number of aryl methyl sites for hydroxylation is 1. The van der Waals surface area contributed by atoms with Gasteiger partial charge in [-0.1, -0.05) is 0 Å². The highest BCUT2D eigenvalue weighted by atomic mass is 16.5. The molecule has 0 saturated heterocycles. The van der Waals surface area contributed by atoms with Crippen LogP contribution in [0.4, 0.5) is 0 Å². The third kappa shape index (κ3) is 2.46. The molecule has 1 rings (SSSR count). The summed E-state index contributed by atoms with van der Waals surface area (Å²) in [7, 11) is 5.20. The summed E-state index contributed by atoms with van der Waals surface area (Å²) in [5.41, 5.74) is 7.78. The van der Waals surface area contributed by atoms with Gasteiger partial charge in [0.1, 0.15) is 11.5 Å². The quantitative estimate of drug-likeness (QED) is 0.790. The van der Waals surface area contributed by atoms with Gasteiger partial charge in [0.2, 0.25) is 0 Å². The lowest BCUT2D eigenvalue weighted by molar-refractivity contribution is 0.390. The Bertz CT molecular complexity index is 349. The fourth-order valence-corrected chi connectivity index (χ4v) is 1.75. The summed E-state index contributed by atoms with van der Waals surface area (Å²) in [6.45, 7) is 2.50. The normalized spacial score (nSPS) is 12.3. The molecule has 0 aliphatic carbocycles. The lowest BCUT2D eigenvalue weighted by Gasteiger charge is -2.19. The maximum absolute atomic E-state index is 5.71. The number of hydrogen-bond acceptors (Lipinski definition) is 4. The lowest BCUT2D eigenvalue weighted by Crippen LogP contribution is -2.25.